The second-order valence-electron chi connectivity index (χ2n) is 5.22. The summed E-state index contributed by atoms with van der Waals surface area (Å²) in [5.74, 6) is 0.0399. The topological polar surface area (TPSA) is 41.1 Å². The van der Waals surface area contributed by atoms with Gasteiger partial charge >= 0.3 is 0 Å². The lowest BCUT2D eigenvalue weighted by atomic mass is 10.0. The highest BCUT2D eigenvalue weighted by molar-refractivity contribution is 6.33. The van der Waals surface area contributed by atoms with Gasteiger partial charge in [0.1, 0.15) is 0 Å². The number of halogens is 1. The minimum absolute atomic E-state index is 0.0399. The van der Waals surface area contributed by atoms with Gasteiger partial charge in [0.15, 0.2) is 0 Å². The molecule has 1 unspecified atom stereocenters. The van der Waals surface area contributed by atoms with Gasteiger partial charge in [-0.2, -0.15) is 0 Å². The Hall–Kier alpha value is -1.06. The summed E-state index contributed by atoms with van der Waals surface area (Å²) < 4.78 is 0. The van der Waals surface area contributed by atoms with Crippen molar-refractivity contribution in [3.05, 3.63) is 28.8 Å². The van der Waals surface area contributed by atoms with E-state index in [9.17, 15) is 4.79 Å². The van der Waals surface area contributed by atoms with E-state index in [1.54, 1.807) is 0 Å². The Morgan fingerprint density at radius 2 is 2.32 bits per heavy atom. The van der Waals surface area contributed by atoms with Crippen LogP contribution in [0, 0.1) is 6.92 Å². The number of hydrogen-bond acceptors (Lipinski definition) is 2. The molecule has 0 aromatic heterocycles. The number of anilines is 1. The lowest BCUT2D eigenvalue weighted by Gasteiger charge is -2.23. The van der Waals surface area contributed by atoms with E-state index in [1.807, 2.05) is 25.1 Å². The Morgan fingerprint density at radius 1 is 1.47 bits per heavy atom. The molecule has 0 radical (unpaired) electrons. The van der Waals surface area contributed by atoms with Crippen LogP contribution in [0.3, 0.4) is 0 Å². The highest BCUT2D eigenvalue weighted by Gasteiger charge is 2.14. The molecule has 1 fully saturated rings. The van der Waals surface area contributed by atoms with Gasteiger partial charge in [0.05, 0.1) is 10.7 Å². The van der Waals surface area contributed by atoms with Crippen molar-refractivity contribution in [2.75, 3.05) is 11.9 Å². The molecular weight excluding hydrogens is 260 g/mol. The molecule has 2 N–H and O–H groups in total. The molecule has 0 aliphatic carbocycles. The zero-order chi connectivity index (χ0) is 13.7. The Labute approximate surface area is 119 Å². The highest BCUT2D eigenvalue weighted by Crippen LogP contribution is 2.23. The molecule has 1 aromatic rings. The van der Waals surface area contributed by atoms with Crippen LogP contribution in [0.2, 0.25) is 5.02 Å². The van der Waals surface area contributed by atoms with Gasteiger partial charge in [-0.25, -0.2) is 0 Å². The van der Waals surface area contributed by atoms with E-state index in [1.165, 1.54) is 19.3 Å². The van der Waals surface area contributed by atoms with Gasteiger partial charge in [0.2, 0.25) is 5.91 Å². The summed E-state index contributed by atoms with van der Waals surface area (Å²) >= 11 is 6.10. The summed E-state index contributed by atoms with van der Waals surface area (Å²) in [5.41, 5.74) is 1.79. The van der Waals surface area contributed by atoms with E-state index in [4.69, 9.17) is 11.6 Å². The number of piperidine rings is 1. The highest BCUT2D eigenvalue weighted by atomic mass is 35.5. The van der Waals surface area contributed by atoms with E-state index in [2.05, 4.69) is 10.6 Å². The number of nitrogens with one attached hydrogen (secondary N) is 2. The maximum Gasteiger partial charge on any atom is 0.224 e. The standard InChI is InChI=1S/C15H21ClN2O/c1-11-5-7-14(13(16)10-11)18-15(19)8-6-12-4-2-3-9-17-12/h5,7,10,12,17H,2-4,6,8-9H2,1H3,(H,18,19). The predicted octanol–water partition coefficient (Wildman–Crippen LogP) is 3.51. The lowest BCUT2D eigenvalue weighted by molar-refractivity contribution is -0.116. The van der Waals surface area contributed by atoms with E-state index >= 15 is 0 Å². The smallest absolute Gasteiger partial charge is 0.224 e. The number of hydrogen-bond donors (Lipinski definition) is 2. The van der Waals surface area contributed by atoms with Crippen molar-refractivity contribution < 1.29 is 4.79 Å². The lowest BCUT2D eigenvalue weighted by Crippen LogP contribution is -2.34. The van der Waals surface area contributed by atoms with Crippen LogP contribution in [0.4, 0.5) is 5.69 Å². The molecule has 0 spiro atoms. The van der Waals surface area contributed by atoms with Crippen LogP contribution in [0.5, 0.6) is 0 Å². The second kappa shape index (κ2) is 6.92. The zero-order valence-electron chi connectivity index (χ0n) is 11.3. The van der Waals surface area contributed by atoms with Crippen LogP contribution in [0.25, 0.3) is 0 Å². The summed E-state index contributed by atoms with van der Waals surface area (Å²) in [4.78, 5) is 11.9. The van der Waals surface area contributed by atoms with Crippen LogP contribution in [0.15, 0.2) is 18.2 Å². The Bertz CT molecular complexity index is 442. The third-order valence-electron chi connectivity index (χ3n) is 3.53. The van der Waals surface area contributed by atoms with Crippen molar-refractivity contribution in [1.82, 2.24) is 5.32 Å². The molecule has 1 heterocycles. The van der Waals surface area contributed by atoms with Gasteiger partial charge < -0.3 is 10.6 Å². The Balaban J connectivity index is 1.80. The summed E-state index contributed by atoms with van der Waals surface area (Å²) in [6.07, 6.45) is 5.14. The third-order valence-corrected chi connectivity index (χ3v) is 3.84. The largest absolute Gasteiger partial charge is 0.325 e. The Morgan fingerprint density at radius 3 is 3.00 bits per heavy atom. The van der Waals surface area contributed by atoms with Crippen molar-refractivity contribution in [1.29, 1.82) is 0 Å². The van der Waals surface area contributed by atoms with E-state index in [0.717, 1.165) is 18.5 Å². The minimum Gasteiger partial charge on any atom is -0.325 e. The fourth-order valence-electron chi connectivity index (χ4n) is 2.41. The number of aryl methyl sites for hydroxylation is 1. The molecule has 4 heteroatoms. The number of rotatable bonds is 4. The molecule has 1 amide bonds. The van der Waals surface area contributed by atoms with Gasteiger partial charge in [0, 0.05) is 12.5 Å². The molecule has 1 aliphatic rings. The van der Waals surface area contributed by atoms with E-state index < -0.39 is 0 Å². The summed E-state index contributed by atoms with van der Waals surface area (Å²) in [7, 11) is 0. The summed E-state index contributed by atoms with van der Waals surface area (Å²) in [5, 5.41) is 6.93. The van der Waals surface area contributed by atoms with Gasteiger partial charge in [0.25, 0.3) is 0 Å². The molecule has 1 aliphatic heterocycles. The monoisotopic (exact) mass is 280 g/mol. The quantitative estimate of drug-likeness (QED) is 0.886. The maximum atomic E-state index is 11.9. The summed E-state index contributed by atoms with van der Waals surface area (Å²) in [6.45, 7) is 3.06. The number of benzene rings is 1. The van der Waals surface area contributed by atoms with Crippen LogP contribution in [-0.4, -0.2) is 18.5 Å². The van der Waals surface area contributed by atoms with E-state index in [0.29, 0.717) is 23.2 Å². The van der Waals surface area contributed by atoms with Gasteiger partial charge in [-0.15, -0.1) is 0 Å². The van der Waals surface area contributed by atoms with Crippen LogP contribution < -0.4 is 10.6 Å². The average molecular weight is 281 g/mol. The van der Waals surface area contributed by atoms with Gasteiger partial charge in [-0.1, -0.05) is 24.1 Å². The number of carbonyl (C=O) groups is 1. The molecule has 2 rings (SSSR count). The fraction of sp³-hybridized carbons (Fsp3) is 0.533. The average Bonchev–Trinajstić information content (AvgIpc) is 2.41. The van der Waals surface area contributed by atoms with Gasteiger partial charge in [-0.3, -0.25) is 4.79 Å². The number of amides is 1. The van der Waals surface area contributed by atoms with Crippen LogP contribution >= 0.6 is 11.6 Å². The molecule has 1 atom stereocenters. The zero-order valence-corrected chi connectivity index (χ0v) is 12.1. The second-order valence-corrected chi connectivity index (χ2v) is 5.62. The first-order valence-electron chi connectivity index (χ1n) is 6.94. The Kier molecular flexibility index (Phi) is 5.23. The molecule has 19 heavy (non-hydrogen) atoms. The molecular formula is C15H21ClN2O. The molecule has 1 saturated heterocycles. The maximum absolute atomic E-state index is 11.9. The summed E-state index contributed by atoms with van der Waals surface area (Å²) in [6, 6.07) is 6.16. The molecule has 1 aromatic carbocycles. The molecule has 3 nitrogen and oxygen atoms in total. The van der Waals surface area contributed by atoms with Crippen molar-refractivity contribution in [3.63, 3.8) is 0 Å². The van der Waals surface area contributed by atoms with Crippen LogP contribution in [-0.2, 0) is 4.79 Å². The normalized spacial score (nSPS) is 19.2. The van der Waals surface area contributed by atoms with Crippen molar-refractivity contribution >= 4 is 23.2 Å². The SMILES string of the molecule is Cc1ccc(NC(=O)CCC2CCCCN2)c(Cl)c1. The third kappa shape index (κ3) is 4.51. The molecule has 0 bridgehead atoms. The van der Waals surface area contributed by atoms with E-state index in [-0.39, 0.29) is 5.91 Å². The molecule has 0 saturated carbocycles. The predicted molar refractivity (Wildman–Crippen MR) is 79.7 cm³/mol. The van der Waals surface area contributed by atoms with Crippen molar-refractivity contribution in [2.45, 2.75) is 45.1 Å². The van der Waals surface area contributed by atoms with Gasteiger partial charge in [-0.05, 0) is 50.4 Å². The first kappa shape index (κ1) is 14.4. The number of carbonyl (C=O) groups excluding carboxylic acids is 1. The van der Waals surface area contributed by atoms with Crippen molar-refractivity contribution in [3.8, 4) is 0 Å². The molecule has 104 valence electrons. The first-order chi connectivity index (χ1) is 9.15. The van der Waals surface area contributed by atoms with Crippen LogP contribution in [0.1, 0.15) is 37.7 Å². The minimum atomic E-state index is 0.0399. The van der Waals surface area contributed by atoms with Crippen molar-refractivity contribution in [2.24, 2.45) is 0 Å². The first-order valence-corrected chi connectivity index (χ1v) is 7.32. The fourth-order valence-corrected chi connectivity index (χ4v) is 2.69.